The van der Waals surface area contributed by atoms with Gasteiger partial charge in [0.05, 0.1) is 18.1 Å². The number of Topliss-reactive ketones (excluding diaryl/α,β-unsaturated/α-hetero) is 1. The monoisotopic (exact) mass is 478 g/mol. The molecule has 174 valence electrons. The van der Waals surface area contributed by atoms with Crippen LogP contribution in [-0.4, -0.2) is 36.2 Å². The van der Waals surface area contributed by atoms with E-state index < -0.39 is 6.89 Å². The Morgan fingerprint density at radius 3 is 1.97 bits per heavy atom. The Bertz CT molecular complexity index is 1350. The molecule has 0 saturated carbocycles. The Kier molecular flexibility index (Phi) is 6.45. The van der Waals surface area contributed by atoms with Crippen molar-refractivity contribution in [2.75, 3.05) is 20.2 Å². The molecule has 1 saturated heterocycles. The summed E-state index contributed by atoms with van der Waals surface area (Å²) in [5.74, 6) is 2.77. The van der Waals surface area contributed by atoms with Crippen LogP contribution >= 0.6 is 6.89 Å². The number of methoxy groups -OCH3 is 1. The molecule has 3 aromatic carbocycles. The molecule has 0 aromatic heterocycles. The van der Waals surface area contributed by atoms with Crippen molar-refractivity contribution in [2.24, 2.45) is 0 Å². The van der Waals surface area contributed by atoms with Crippen LogP contribution in [0, 0.1) is 11.3 Å². The number of carbonyl (C=O) groups is 1. The topological polar surface area (TPSA) is 53.3 Å². The van der Waals surface area contributed by atoms with E-state index in [1.807, 2.05) is 54.6 Å². The fraction of sp³-hybridized carbons (Fsp3) is 0.167. The molecule has 35 heavy (non-hydrogen) atoms. The highest BCUT2D eigenvalue weighted by atomic mass is 31.2. The van der Waals surface area contributed by atoms with Gasteiger partial charge in [-0.2, -0.15) is 5.26 Å². The highest BCUT2D eigenvalue weighted by molar-refractivity contribution is 7.92. The van der Waals surface area contributed by atoms with E-state index in [0.29, 0.717) is 16.9 Å². The number of allylic oxidation sites excluding steroid dienone is 3. The van der Waals surface area contributed by atoms with Crippen LogP contribution in [0.1, 0.15) is 23.2 Å². The van der Waals surface area contributed by atoms with Crippen LogP contribution in [0.15, 0.2) is 108 Å². The number of nitriles is 1. The van der Waals surface area contributed by atoms with Gasteiger partial charge in [0.25, 0.3) is 0 Å². The van der Waals surface area contributed by atoms with Crippen LogP contribution in [0.25, 0.3) is 0 Å². The Morgan fingerprint density at radius 2 is 1.46 bits per heavy atom. The van der Waals surface area contributed by atoms with Gasteiger partial charge in [-0.25, -0.2) is 0 Å². The molecule has 1 fully saturated rings. The average molecular weight is 479 g/mol. The molecular formula is C30H27N2O2P. The molecule has 0 N–H and O–H groups in total. The van der Waals surface area contributed by atoms with Crippen LogP contribution in [0.4, 0.5) is 0 Å². The second kappa shape index (κ2) is 9.82. The minimum absolute atomic E-state index is 0.0439. The van der Waals surface area contributed by atoms with Crippen molar-refractivity contribution in [3.8, 4) is 11.8 Å². The van der Waals surface area contributed by atoms with Gasteiger partial charge < -0.3 is 9.64 Å². The van der Waals surface area contributed by atoms with Crippen molar-refractivity contribution < 1.29 is 9.53 Å². The quantitative estimate of drug-likeness (QED) is 0.365. The molecule has 0 unspecified atom stereocenters. The summed E-state index contributed by atoms with van der Waals surface area (Å²) >= 11 is 0. The lowest BCUT2D eigenvalue weighted by Crippen LogP contribution is -2.31. The maximum Gasteiger partial charge on any atom is 0.193 e. The van der Waals surface area contributed by atoms with Crippen LogP contribution in [0.2, 0.25) is 0 Å². The molecule has 0 spiro atoms. The van der Waals surface area contributed by atoms with Crippen molar-refractivity contribution in [2.45, 2.75) is 12.8 Å². The van der Waals surface area contributed by atoms with Gasteiger partial charge in [-0.3, -0.25) is 4.79 Å². The number of likely N-dealkylation sites (tertiary alicyclic amines) is 1. The maximum atomic E-state index is 13.9. The number of ether oxygens (including phenoxy) is 1. The summed E-state index contributed by atoms with van der Waals surface area (Å²) in [4.78, 5) is 16.1. The van der Waals surface area contributed by atoms with Crippen LogP contribution in [0.5, 0.6) is 5.75 Å². The predicted octanol–water partition coefficient (Wildman–Crippen LogP) is 5.12. The summed E-state index contributed by atoms with van der Waals surface area (Å²) in [6.45, 7) is -0.735. The zero-order chi connectivity index (χ0) is 24.3. The number of hydrogen-bond acceptors (Lipinski definition) is 4. The van der Waals surface area contributed by atoms with Gasteiger partial charge in [0.15, 0.2) is 5.78 Å². The summed E-state index contributed by atoms with van der Waals surface area (Å²) in [5, 5.41) is 13.5. The molecule has 3 aromatic rings. The average Bonchev–Trinajstić information content (AvgIpc) is 3.48. The second-order valence-corrected chi connectivity index (χ2v) is 11.9. The molecule has 0 radical (unpaired) electrons. The fourth-order valence-corrected chi connectivity index (χ4v) is 8.82. The highest BCUT2D eigenvalue weighted by Crippen LogP contribution is 2.53. The summed E-state index contributed by atoms with van der Waals surface area (Å²) in [6, 6.07) is 30.3. The Hall–Kier alpha value is -3.80. The molecule has 2 heterocycles. The number of ketones is 1. The van der Waals surface area contributed by atoms with E-state index in [2.05, 4.69) is 41.1 Å². The van der Waals surface area contributed by atoms with Gasteiger partial charge in [0, 0.05) is 24.2 Å². The van der Waals surface area contributed by atoms with Gasteiger partial charge in [-0.05, 0) is 66.5 Å². The lowest BCUT2D eigenvalue weighted by Gasteiger charge is -2.34. The van der Waals surface area contributed by atoms with Crippen molar-refractivity contribution in [3.05, 3.63) is 114 Å². The summed E-state index contributed by atoms with van der Waals surface area (Å²) in [7, 11) is 1.61. The van der Waals surface area contributed by atoms with Gasteiger partial charge in [-0.1, -0.05) is 60.7 Å². The maximum absolute atomic E-state index is 13.9. The first kappa shape index (κ1) is 23.0. The second-order valence-electron chi connectivity index (χ2n) is 8.72. The number of rotatable bonds is 6. The zero-order valence-electron chi connectivity index (χ0n) is 19.7. The van der Waals surface area contributed by atoms with Crippen LogP contribution in [-0.2, 0) is 0 Å². The van der Waals surface area contributed by atoms with Crippen molar-refractivity contribution in [1.82, 2.24) is 4.90 Å². The van der Waals surface area contributed by atoms with Crippen LogP contribution < -0.4 is 15.3 Å². The van der Waals surface area contributed by atoms with Gasteiger partial charge in [0.2, 0.25) is 0 Å². The minimum Gasteiger partial charge on any atom is -0.497 e. The SMILES string of the molecule is COc1ccc(C(=O)C2=CP(c3ccccc3)(c3ccccc3)=C(C#N)C(N3CCCC3)=C2)cc1. The molecule has 5 heteroatoms. The minimum atomic E-state index is -2.52. The van der Waals surface area contributed by atoms with E-state index in [1.165, 1.54) is 0 Å². The first-order chi connectivity index (χ1) is 17.2. The van der Waals surface area contributed by atoms with E-state index in [4.69, 9.17) is 4.74 Å². The highest BCUT2D eigenvalue weighted by Gasteiger charge is 2.35. The number of benzene rings is 3. The number of carbonyl (C=O) groups excluding carboxylic acids is 1. The third-order valence-electron chi connectivity index (χ3n) is 6.71. The molecule has 2 aliphatic rings. The van der Waals surface area contributed by atoms with Crippen LogP contribution in [0.3, 0.4) is 0 Å². The molecule has 0 bridgehead atoms. The number of hydrogen-bond donors (Lipinski definition) is 0. The van der Waals surface area contributed by atoms with Crippen molar-refractivity contribution in [1.29, 1.82) is 5.26 Å². The fourth-order valence-electron chi connectivity index (χ4n) is 4.96. The van der Waals surface area contributed by atoms with Gasteiger partial charge in [0.1, 0.15) is 11.8 Å². The molecular weight excluding hydrogens is 451 g/mol. The van der Waals surface area contributed by atoms with E-state index in [9.17, 15) is 10.1 Å². The van der Waals surface area contributed by atoms with E-state index in [0.717, 1.165) is 47.5 Å². The molecule has 0 amide bonds. The third-order valence-corrected chi connectivity index (χ3v) is 10.6. The summed E-state index contributed by atoms with van der Waals surface area (Å²) in [6.07, 6.45) is 4.12. The lowest BCUT2D eigenvalue weighted by atomic mass is 10.0. The summed E-state index contributed by atoms with van der Waals surface area (Å²) < 4.78 is 5.28. The zero-order valence-corrected chi connectivity index (χ0v) is 20.6. The first-order valence-corrected chi connectivity index (χ1v) is 13.7. The van der Waals surface area contributed by atoms with E-state index in [-0.39, 0.29) is 5.78 Å². The molecule has 2 aliphatic heterocycles. The standard InChI is InChI=1S/C30H27N2O2P/c1-34-25-16-14-23(15-17-25)30(33)24-20-28(32-18-8-9-19-32)29(21-31)35(22-24,26-10-4-2-5-11-26)27-12-6-3-7-13-27/h2-7,10-17,20,22H,8-9,18-19H2,1H3. The summed E-state index contributed by atoms with van der Waals surface area (Å²) in [5.41, 5.74) is 2.14. The third kappa shape index (κ3) is 4.14. The Labute approximate surface area is 206 Å². The largest absolute Gasteiger partial charge is 0.497 e. The molecule has 0 atom stereocenters. The normalized spacial score (nSPS) is 16.8. The van der Waals surface area contributed by atoms with Gasteiger partial charge >= 0.3 is 0 Å². The van der Waals surface area contributed by atoms with E-state index >= 15 is 0 Å². The predicted molar refractivity (Wildman–Crippen MR) is 144 cm³/mol. The Morgan fingerprint density at radius 1 is 0.886 bits per heavy atom. The number of nitrogens with zero attached hydrogens (tertiary/aromatic N) is 2. The lowest BCUT2D eigenvalue weighted by molar-refractivity contribution is 0.103. The smallest absolute Gasteiger partial charge is 0.193 e. The van der Waals surface area contributed by atoms with Crippen molar-refractivity contribution in [3.63, 3.8) is 0 Å². The first-order valence-electron chi connectivity index (χ1n) is 11.8. The Balaban J connectivity index is 1.81. The molecule has 5 rings (SSSR count). The van der Waals surface area contributed by atoms with E-state index in [1.54, 1.807) is 19.2 Å². The molecule has 4 nitrogen and oxygen atoms in total. The van der Waals surface area contributed by atoms with Gasteiger partial charge in [-0.15, -0.1) is 0 Å². The van der Waals surface area contributed by atoms with Crippen molar-refractivity contribution >= 4 is 28.6 Å². The molecule has 0 aliphatic carbocycles.